The van der Waals surface area contributed by atoms with Gasteiger partial charge >= 0.3 is 12.1 Å². The Labute approximate surface area is 123 Å². The van der Waals surface area contributed by atoms with Crippen molar-refractivity contribution in [2.24, 2.45) is 0 Å². The summed E-state index contributed by atoms with van der Waals surface area (Å²) < 4.78 is 0. The number of carbonyl (C=O) groups excluding carboxylic acids is 2. The molecule has 0 radical (unpaired) electrons. The van der Waals surface area contributed by atoms with Gasteiger partial charge in [0.15, 0.2) is 0 Å². The van der Waals surface area contributed by atoms with Crippen molar-refractivity contribution in [3.63, 3.8) is 0 Å². The topological polar surface area (TPSA) is 124 Å². The quantitative estimate of drug-likeness (QED) is 0.518. The molecule has 0 saturated heterocycles. The Hall–Kier alpha value is -2.12. The molecule has 0 aromatic rings. The maximum atomic E-state index is 11.3. The zero-order valence-electron chi connectivity index (χ0n) is 12.1. The Morgan fingerprint density at radius 1 is 0.905 bits per heavy atom. The predicted octanol–water partition coefficient (Wildman–Crippen LogP) is 1.05. The van der Waals surface area contributed by atoms with Crippen LogP contribution in [0.3, 0.4) is 0 Å². The third-order valence-electron chi connectivity index (χ3n) is 2.89. The van der Waals surface area contributed by atoms with Crippen LogP contribution in [0.1, 0.15) is 44.9 Å². The second kappa shape index (κ2) is 10.6. The fourth-order valence-electron chi connectivity index (χ4n) is 1.63. The van der Waals surface area contributed by atoms with Gasteiger partial charge in [0.2, 0.25) is 11.8 Å². The van der Waals surface area contributed by atoms with Crippen LogP contribution in [0.4, 0.5) is 4.79 Å². The highest BCUT2D eigenvalue weighted by Gasteiger charge is 2.14. The number of rotatable bonds is 10. The first-order valence-electron chi connectivity index (χ1n) is 6.82. The van der Waals surface area contributed by atoms with E-state index in [1.165, 1.54) is 7.05 Å². The van der Waals surface area contributed by atoms with E-state index in [9.17, 15) is 19.2 Å². The normalized spacial score (nSPS) is 9.95. The average molecular weight is 302 g/mol. The van der Waals surface area contributed by atoms with Gasteiger partial charge in [-0.05, 0) is 12.8 Å². The van der Waals surface area contributed by atoms with Gasteiger partial charge in [0, 0.05) is 19.9 Å². The Bertz CT molecular complexity index is 383. The molecule has 0 rings (SSSR count). The van der Waals surface area contributed by atoms with E-state index in [1.54, 1.807) is 0 Å². The Morgan fingerprint density at radius 2 is 1.43 bits per heavy atom. The molecular formula is C13H22N2O6. The number of nitrogens with zero attached hydrogens (tertiary/aromatic N) is 1. The lowest BCUT2D eigenvalue weighted by atomic mass is 10.1. The number of nitrogens with one attached hydrogen (secondary N) is 1. The molecular weight excluding hydrogens is 280 g/mol. The van der Waals surface area contributed by atoms with Crippen molar-refractivity contribution in [1.82, 2.24) is 10.2 Å². The van der Waals surface area contributed by atoms with Crippen LogP contribution in [0.2, 0.25) is 0 Å². The van der Waals surface area contributed by atoms with Crippen LogP contribution >= 0.6 is 0 Å². The van der Waals surface area contributed by atoms with Crippen molar-refractivity contribution in [1.29, 1.82) is 0 Å². The van der Waals surface area contributed by atoms with Crippen LogP contribution in [0, 0.1) is 0 Å². The molecule has 0 saturated carbocycles. The standard InChI is InChI=1S/C13H22N2O6/c1-15(13(20)21)11(17)8-6-4-2-3-5-7-10(16)14-9-12(18)19/h2-9H2,1H3,(H,14,16)(H,18,19)(H,20,21). The summed E-state index contributed by atoms with van der Waals surface area (Å²) in [4.78, 5) is 43.9. The monoisotopic (exact) mass is 302 g/mol. The molecule has 0 spiro atoms. The SMILES string of the molecule is CN(C(=O)O)C(=O)CCCCCCCC(=O)NCC(=O)O. The van der Waals surface area contributed by atoms with Crippen molar-refractivity contribution < 1.29 is 29.4 Å². The minimum atomic E-state index is -1.26. The molecule has 3 N–H and O–H groups in total. The Balaban J connectivity index is 3.48. The van der Waals surface area contributed by atoms with Crippen LogP contribution in [0.15, 0.2) is 0 Å². The number of carbonyl (C=O) groups is 4. The predicted molar refractivity (Wildman–Crippen MR) is 73.8 cm³/mol. The van der Waals surface area contributed by atoms with Crippen molar-refractivity contribution in [2.75, 3.05) is 13.6 Å². The molecule has 0 aromatic carbocycles. The van der Waals surface area contributed by atoms with Gasteiger partial charge in [-0.25, -0.2) is 4.79 Å². The number of imide groups is 1. The van der Waals surface area contributed by atoms with Crippen LogP contribution in [-0.2, 0) is 14.4 Å². The fraction of sp³-hybridized carbons (Fsp3) is 0.692. The van der Waals surface area contributed by atoms with E-state index in [1.807, 2.05) is 0 Å². The van der Waals surface area contributed by atoms with Crippen molar-refractivity contribution >= 4 is 23.9 Å². The van der Waals surface area contributed by atoms with E-state index in [0.29, 0.717) is 17.7 Å². The molecule has 3 amide bonds. The van der Waals surface area contributed by atoms with Gasteiger partial charge in [-0.15, -0.1) is 0 Å². The summed E-state index contributed by atoms with van der Waals surface area (Å²) in [6.45, 7) is -0.363. The molecule has 120 valence electrons. The van der Waals surface area contributed by atoms with E-state index in [2.05, 4.69) is 5.32 Å². The molecule has 0 aliphatic rings. The summed E-state index contributed by atoms with van der Waals surface area (Å²) in [5.41, 5.74) is 0. The van der Waals surface area contributed by atoms with Crippen LogP contribution < -0.4 is 5.32 Å². The van der Waals surface area contributed by atoms with Gasteiger partial charge in [0.05, 0.1) is 0 Å². The molecule has 21 heavy (non-hydrogen) atoms. The zero-order valence-corrected chi connectivity index (χ0v) is 12.1. The van der Waals surface area contributed by atoms with E-state index >= 15 is 0 Å². The van der Waals surface area contributed by atoms with E-state index < -0.39 is 18.0 Å². The number of hydrogen-bond acceptors (Lipinski definition) is 4. The van der Waals surface area contributed by atoms with Gasteiger partial charge in [-0.3, -0.25) is 19.3 Å². The molecule has 0 unspecified atom stereocenters. The maximum absolute atomic E-state index is 11.3. The van der Waals surface area contributed by atoms with Gasteiger partial charge in [-0.2, -0.15) is 0 Å². The molecule has 0 aliphatic carbocycles. The van der Waals surface area contributed by atoms with Crippen molar-refractivity contribution in [3.8, 4) is 0 Å². The van der Waals surface area contributed by atoms with Crippen molar-refractivity contribution in [3.05, 3.63) is 0 Å². The maximum Gasteiger partial charge on any atom is 0.413 e. The van der Waals surface area contributed by atoms with Crippen LogP contribution in [0.25, 0.3) is 0 Å². The Morgan fingerprint density at radius 3 is 1.95 bits per heavy atom. The molecule has 0 fully saturated rings. The average Bonchev–Trinajstić information content (AvgIpc) is 2.42. The largest absolute Gasteiger partial charge is 0.480 e. The summed E-state index contributed by atoms with van der Waals surface area (Å²) in [7, 11) is 1.22. The highest BCUT2D eigenvalue weighted by atomic mass is 16.4. The first-order valence-corrected chi connectivity index (χ1v) is 6.82. The summed E-state index contributed by atoms with van der Waals surface area (Å²) in [5, 5.41) is 19.2. The first kappa shape index (κ1) is 18.9. The number of unbranched alkanes of at least 4 members (excludes halogenated alkanes) is 4. The Kier molecular flexibility index (Phi) is 9.57. The lowest BCUT2D eigenvalue weighted by molar-refractivity contribution is -0.138. The zero-order chi connectivity index (χ0) is 16.3. The highest BCUT2D eigenvalue weighted by Crippen LogP contribution is 2.08. The molecule has 0 heterocycles. The minimum Gasteiger partial charge on any atom is -0.480 e. The van der Waals surface area contributed by atoms with Gasteiger partial charge < -0.3 is 15.5 Å². The summed E-state index contributed by atoms with van der Waals surface area (Å²) in [6.07, 6.45) is 2.94. The second-order valence-corrected chi connectivity index (χ2v) is 4.67. The first-order chi connectivity index (χ1) is 9.84. The summed E-state index contributed by atoms with van der Waals surface area (Å²) in [6, 6.07) is 0. The number of carboxylic acids is 1. The van der Waals surface area contributed by atoms with Gasteiger partial charge in [0.25, 0.3) is 0 Å². The number of aliphatic carboxylic acids is 1. The summed E-state index contributed by atoms with van der Waals surface area (Å²) >= 11 is 0. The minimum absolute atomic E-state index is 0.196. The van der Waals surface area contributed by atoms with E-state index in [4.69, 9.17) is 10.2 Å². The van der Waals surface area contributed by atoms with Crippen molar-refractivity contribution in [2.45, 2.75) is 44.9 Å². The molecule has 8 heteroatoms. The highest BCUT2D eigenvalue weighted by molar-refractivity contribution is 5.90. The van der Waals surface area contributed by atoms with E-state index in [-0.39, 0.29) is 25.3 Å². The van der Waals surface area contributed by atoms with E-state index in [0.717, 1.165) is 19.3 Å². The molecule has 0 atom stereocenters. The third-order valence-corrected chi connectivity index (χ3v) is 2.89. The van der Waals surface area contributed by atoms with Crippen LogP contribution in [-0.4, -0.2) is 52.6 Å². The molecule has 0 aromatic heterocycles. The molecule has 0 bridgehead atoms. The summed E-state index contributed by atoms with van der Waals surface area (Å²) in [5.74, 6) is -1.77. The number of hydrogen-bond donors (Lipinski definition) is 3. The van der Waals surface area contributed by atoms with Gasteiger partial charge in [-0.1, -0.05) is 19.3 Å². The lowest BCUT2D eigenvalue weighted by Crippen LogP contribution is -2.31. The second-order valence-electron chi connectivity index (χ2n) is 4.67. The third kappa shape index (κ3) is 10.3. The smallest absolute Gasteiger partial charge is 0.413 e. The number of amides is 3. The molecule has 8 nitrogen and oxygen atoms in total. The fourth-order valence-corrected chi connectivity index (χ4v) is 1.63. The number of carboxylic acid groups (broad SMARTS) is 2. The molecule has 0 aliphatic heterocycles. The lowest BCUT2D eigenvalue weighted by Gasteiger charge is -2.10. The van der Waals surface area contributed by atoms with Gasteiger partial charge in [0.1, 0.15) is 6.54 Å². The van der Waals surface area contributed by atoms with Crippen LogP contribution in [0.5, 0.6) is 0 Å².